The number of thioether (sulfide) groups is 1. The molecule has 0 aliphatic carbocycles. The van der Waals surface area contributed by atoms with Crippen LogP contribution in [0.2, 0.25) is 5.02 Å². The smallest absolute Gasteiger partial charge is 0.265 e. The van der Waals surface area contributed by atoms with Crippen LogP contribution in [0.4, 0.5) is 5.69 Å². The van der Waals surface area contributed by atoms with Gasteiger partial charge in [0, 0.05) is 41.7 Å². The van der Waals surface area contributed by atoms with Crippen LogP contribution >= 0.6 is 23.4 Å². The van der Waals surface area contributed by atoms with Gasteiger partial charge in [0.2, 0.25) is 0 Å². The molecule has 1 saturated heterocycles. The molecule has 1 N–H and O–H groups in total. The normalized spacial score (nSPS) is 17.1. The van der Waals surface area contributed by atoms with Crippen molar-refractivity contribution in [2.75, 3.05) is 44.3 Å². The molecule has 1 fully saturated rings. The monoisotopic (exact) mass is 533 g/mol. The molecule has 0 bridgehead atoms. The van der Waals surface area contributed by atoms with E-state index in [1.165, 1.54) is 11.8 Å². The van der Waals surface area contributed by atoms with Crippen molar-refractivity contribution in [2.24, 2.45) is 0 Å². The van der Waals surface area contributed by atoms with Crippen LogP contribution in [0.15, 0.2) is 82.6 Å². The van der Waals surface area contributed by atoms with Gasteiger partial charge in [-0.05, 0) is 53.6 Å². The van der Waals surface area contributed by atoms with E-state index in [4.69, 9.17) is 16.3 Å². The van der Waals surface area contributed by atoms with Crippen LogP contribution in [0.25, 0.3) is 6.08 Å². The molecule has 0 saturated carbocycles. The maximum Gasteiger partial charge on any atom is 0.265 e. The van der Waals surface area contributed by atoms with Gasteiger partial charge in [-0.25, -0.2) is 0 Å². The molecule has 0 spiro atoms. The maximum absolute atomic E-state index is 13.5. The molecule has 8 heteroatoms. The number of morpholine rings is 1. The first-order valence-corrected chi connectivity index (χ1v) is 13.5. The minimum absolute atomic E-state index is 0.0615. The summed E-state index contributed by atoms with van der Waals surface area (Å²) in [5.74, 6) is -0.161. The number of carbonyl (C=O) groups is 2. The van der Waals surface area contributed by atoms with E-state index in [1.807, 2.05) is 66.7 Å². The standard InChI is InChI=1S/C29H28ClN3O3S/c30-24-5-3-4-22(18-24)20-33-25-6-1-2-7-26(25)37-27(29(33)35)19-21-8-10-23(11-9-21)28(34)31-12-13-32-14-16-36-17-15-32/h1-11,18-19H,12-17,20H2,(H,31,34)/b27-19+. The lowest BCUT2D eigenvalue weighted by atomic mass is 10.1. The second-order valence-corrected chi connectivity index (χ2v) is 10.5. The van der Waals surface area contributed by atoms with Crippen molar-refractivity contribution in [2.45, 2.75) is 11.4 Å². The molecule has 3 aromatic rings. The number of carbonyl (C=O) groups excluding carboxylic acids is 2. The number of ether oxygens (including phenoxy) is 1. The second kappa shape index (κ2) is 12.0. The number of nitrogens with zero attached hydrogens (tertiary/aromatic N) is 2. The van der Waals surface area contributed by atoms with E-state index in [0.717, 1.165) is 54.6 Å². The van der Waals surface area contributed by atoms with E-state index in [9.17, 15) is 9.59 Å². The molecule has 2 amide bonds. The zero-order chi connectivity index (χ0) is 25.6. The molecule has 0 unspecified atom stereocenters. The fourth-order valence-corrected chi connectivity index (χ4v) is 5.65. The van der Waals surface area contributed by atoms with Crippen LogP contribution in [0, 0.1) is 0 Å². The predicted octanol–water partition coefficient (Wildman–Crippen LogP) is 5.08. The summed E-state index contributed by atoms with van der Waals surface area (Å²) in [6.07, 6.45) is 1.88. The Bertz CT molecular complexity index is 1310. The molecular weight excluding hydrogens is 506 g/mol. The minimum Gasteiger partial charge on any atom is -0.379 e. The van der Waals surface area contributed by atoms with E-state index in [2.05, 4.69) is 10.2 Å². The highest BCUT2D eigenvalue weighted by Gasteiger charge is 2.29. The van der Waals surface area contributed by atoms with Crippen LogP contribution in [0.1, 0.15) is 21.5 Å². The SMILES string of the molecule is O=C(NCCN1CCOCC1)c1ccc(/C=C2/Sc3ccccc3N(Cc3cccc(Cl)c3)C2=O)cc1. The summed E-state index contributed by atoms with van der Waals surface area (Å²) in [6.45, 7) is 5.13. The Morgan fingerprint density at radius 3 is 2.59 bits per heavy atom. The Hall–Kier alpha value is -3.10. The van der Waals surface area contributed by atoms with Gasteiger partial charge in [0.25, 0.3) is 11.8 Å². The minimum atomic E-state index is -0.0998. The quantitative estimate of drug-likeness (QED) is 0.429. The summed E-state index contributed by atoms with van der Waals surface area (Å²) in [5.41, 5.74) is 3.31. The van der Waals surface area contributed by atoms with E-state index in [-0.39, 0.29) is 11.8 Å². The van der Waals surface area contributed by atoms with Gasteiger partial charge in [0.05, 0.1) is 30.4 Å². The van der Waals surface area contributed by atoms with E-state index < -0.39 is 0 Å². The number of benzene rings is 3. The van der Waals surface area contributed by atoms with Gasteiger partial charge < -0.3 is 15.0 Å². The summed E-state index contributed by atoms with van der Waals surface area (Å²) in [6, 6.07) is 22.8. The lowest BCUT2D eigenvalue weighted by molar-refractivity contribution is -0.114. The molecule has 3 aromatic carbocycles. The van der Waals surface area contributed by atoms with Crippen molar-refractivity contribution < 1.29 is 14.3 Å². The number of fused-ring (bicyclic) bond motifs is 1. The highest BCUT2D eigenvalue weighted by molar-refractivity contribution is 8.04. The summed E-state index contributed by atoms with van der Waals surface area (Å²) < 4.78 is 5.36. The number of hydrogen-bond donors (Lipinski definition) is 1. The summed E-state index contributed by atoms with van der Waals surface area (Å²) in [5, 5.41) is 3.63. The van der Waals surface area contributed by atoms with Crippen molar-refractivity contribution in [1.82, 2.24) is 10.2 Å². The van der Waals surface area contributed by atoms with E-state index >= 15 is 0 Å². The van der Waals surface area contributed by atoms with Gasteiger partial charge in [-0.3, -0.25) is 14.5 Å². The largest absolute Gasteiger partial charge is 0.379 e. The van der Waals surface area contributed by atoms with Crippen molar-refractivity contribution in [3.8, 4) is 0 Å². The third kappa shape index (κ3) is 6.43. The Balaban J connectivity index is 1.28. The van der Waals surface area contributed by atoms with Crippen molar-refractivity contribution in [3.63, 3.8) is 0 Å². The molecule has 0 atom stereocenters. The van der Waals surface area contributed by atoms with Crippen LogP contribution in [-0.4, -0.2) is 56.1 Å². The number of nitrogens with one attached hydrogen (secondary N) is 1. The Morgan fingerprint density at radius 2 is 1.81 bits per heavy atom. The number of rotatable bonds is 7. The lowest BCUT2D eigenvalue weighted by Crippen LogP contribution is -2.41. The van der Waals surface area contributed by atoms with Crippen LogP contribution in [0.3, 0.4) is 0 Å². The van der Waals surface area contributed by atoms with Crippen LogP contribution in [0.5, 0.6) is 0 Å². The third-order valence-corrected chi connectivity index (χ3v) is 7.66. The topological polar surface area (TPSA) is 61.9 Å². The fourth-order valence-electron chi connectivity index (χ4n) is 4.37. The van der Waals surface area contributed by atoms with Crippen molar-refractivity contribution in [3.05, 3.63) is 99.4 Å². The van der Waals surface area contributed by atoms with Gasteiger partial charge in [-0.15, -0.1) is 0 Å². The molecule has 37 heavy (non-hydrogen) atoms. The fraction of sp³-hybridized carbons (Fsp3) is 0.241. The average molecular weight is 534 g/mol. The summed E-state index contributed by atoms with van der Waals surface area (Å²) in [4.78, 5) is 31.8. The van der Waals surface area contributed by atoms with Gasteiger partial charge in [0.15, 0.2) is 0 Å². The van der Waals surface area contributed by atoms with Crippen molar-refractivity contribution in [1.29, 1.82) is 0 Å². The third-order valence-electron chi connectivity index (χ3n) is 6.35. The number of para-hydroxylation sites is 1. The summed E-state index contributed by atoms with van der Waals surface area (Å²) >= 11 is 7.64. The Kier molecular flexibility index (Phi) is 8.26. The van der Waals surface area contributed by atoms with Crippen molar-refractivity contribution >= 4 is 46.9 Å². The lowest BCUT2D eigenvalue weighted by Gasteiger charge is -2.30. The summed E-state index contributed by atoms with van der Waals surface area (Å²) in [7, 11) is 0. The first-order valence-electron chi connectivity index (χ1n) is 12.3. The zero-order valence-corrected chi connectivity index (χ0v) is 21.9. The van der Waals surface area contributed by atoms with Crippen LogP contribution in [-0.2, 0) is 16.1 Å². The van der Waals surface area contributed by atoms with Gasteiger partial charge >= 0.3 is 0 Å². The maximum atomic E-state index is 13.5. The number of amides is 2. The molecule has 5 rings (SSSR count). The molecule has 0 radical (unpaired) electrons. The molecule has 2 aliphatic heterocycles. The highest BCUT2D eigenvalue weighted by atomic mass is 35.5. The zero-order valence-electron chi connectivity index (χ0n) is 20.4. The number of hydrogen-bond acceptors (Lipinski definition) is 5. The van der Waals surface area contributed by atoms with Gasteiger partial charge in [-0.2, -0.15) is 0 Å². The number of anilines is 1. The molecule has 2 aliphatic rings. The molecule has 6 nitrogen and oxygen atoms in total. The first kappa shape index (κ1) is 25.5. The Morgan fingerprint density at radius 1 is 1.03 bits per heavy atom. The molecule has 0 aromatic heterocycles. The van der Waals surface area contributed by atoms with E-state index in [0.29, 0.717) is 28.6 Å². The van der Waals surface area contributed by atoms with E-state index in [1.54, 1.807) is 17.0 Å². The molecular formula is C29H28ClN3O3S. The van der Waals surface area contributed by atoms with Crippen LogP contribution < -0.4 is 10.2 Å². The molecule has 190 valence electrons. The second-order valence-electron chi connectivity index (χ2n) is 8.93. The predicted molar refractivity (Wildman–Crippen MR) is 149 cm³/mol. The highest BCUT2D eigenvalue weighted by Crippen LogP contribution is 2.42. The van der Waals surface area contributed by atoms with Gasteiger partial charge in [-0.1, -0.05) is 59.8 Å². The Labute approximate surface area is 226 Å². The molecule has 2 heterocycles. The first-order chi connectivity index (χ1) is 18.1. The van der Waals surface area contributed by atoms with Gasteiger partial charge in [0.1, 0.15) is 0 Å². The number of halogens is 1. The average Bonchev–Trinajstić information content (AvgIpc) is 2.92.